The van der Waals surface area contributed by atoms with Crippen molar-refractivity contribution in [2.75, 3.05) is 19.7 Å². The first-order valence-electron chi connectivity index (χ1n) is 10.1. The second-order valence-electron chi connectivity index (χ2n) is 9.22. The van der Waals surface area contributed by atoms with Crippen molar-refractivity contribution in [3.8, 4) is 0 Å². The first-order valence-corrected chi connectivity index (χ1v) is 10.1. The Labute approximate surface area is 146 Å². The largest absolute Gasteiger partial charge is 0.395 e. The van der Waals surface area contributed by atoms with E-state index in [-0.39, 0.29) is 17.6 Å². The predicted molar refractivity (Wildman–Crippen MR) is 95.7 cm³/mol. The Balaban J connectivity index is 1.64. The zero-order valence-corrected chi connectivity index (χ0v) is 15.4. The molecule has 0 aromatic carbocycles. The molecular formula is C21H33NO2. The molecule has 0 bridgehead atoms. The lowest BCUT2D eigenvalue weighted by atomic mass is 9.47. The summed E-state index contributed by atoms with van der Waals surface area (Å²) in [6, 6.07) is 0. The molecule has 0 aromatic rings. The van der Waals surface area contributed by atoms with E-state index in [1.54, 1.807) is 0 Å². The Kier molecular flexibility index (Phi) is 4.16. The maximum absolute atomic E-state index is 11.9. The summed E-state index contributed by atoms with van der Waals surface area (Å²) in [5.41, 5.74) is 2.02. The Morgan fingerprint density at radius 3 is 2.79 bits per heavy atom. The lowest BCUT2D eigenvalue weighted by Crippen LogP contribution is -2.63. The molecule has 0 unspecified atom stereocenters. The van der Waals surface area contributed by atoms with Gasteiger partial charge in [-0.25, -0.2) is 0 Å². The SMILES string of the molecule is C[C@]12CCC(=O)C=C1CC[C@@H]1[C@@H]2CC[C@@]2(C)[C@H]1CCCN2CCO. The molecule has 134 valence electrons. The highest BCUT2D eigenvalue weighted by atomic mass is 16.3. The van der Waals surface area contributed by atoms with Crippen molar-refractivity contribution in [1.29, 1.82) is 0 Å². The van der Waals surface area contributed by atoms with Gasteiger partial charge in [0.25, 0.3) is 0 Å². The van der Waals surface area contributed by atoms with Gasteiger partial charge in [0, 0.05) is 18.5 Å². The molecule has 3 fully saturated rings. The van der Waals surface area contributed by atoms with E-state index >= 15 is 0 Å². The Bertz CT molecular complexity index is 554. The Hall–Kier alpha value is -0.670. The summed E-state index contributed by atoms with van der Waals surface area (Å²) >= 11 is 0. The molecule has 0 amide bonds. The van der Waals surface area contributed by atoms with Gasteiger partial charge in [0.05, 0.1) is 6.61 Å². The van der Waals surface area contributed by atoms with Gasteiger partial charge in [-0.1, -0.05) is 12.5 Å². The first-order chi connectivity index (χ1) is 11.5. The van der Waals surface area contributed by atoms with Gasteiger partial charge in [-0.2, -0.15) is 0 Å². The second-order valence-corrected chi connectivity index (χ2v) is 9.22. The monoisotopic (exact) mass is 331 g/mol. The van der Waals surface area contributed by atoms with E-state index in [4.69, 9.17) is 0 Å². The minimum atomic E-state index is 0.275. The van der Waals surface area contributed by atoms with Gasteiger partial charge in [-0.05, 0) is 87.7 Å². The molecule has 1 N–H and O–H groups in total. The summed E-state index contributed by atoms with van der Waals surface area (Å²) < 4.78 is 0. The van der Waals surface area contributed by atoms with Crippen molar-refractivity contribution in [3.05, 3.63) is 11.6 Å². The fraction of sp³-hybridized carbons (Fsp3) is 0.857. The lowest BCUT2D eigenvalue weighted by Gasteiger charge is -2.62. The molecule has 0 aromatic heterocycles. The highest BCUT2D eigenvalue weighted by molar-refractivity contribution is 5.91. The number of ketones is 1. The fourth-order valence-corrected chi connectivity index (χ4v) is 7.02. The molecule has 3 heteroatoms. The number of carbonyl (C=O) groups excluding carboxylic acids is 1. The van der Waals surface area contributed by atoms with Gasteiger partial charge in [-0.15, -0.1) is 0 Å². The van der Waals surface area contributed by atoms with E-state index < -0.39 is 0 Å². The third-order valence-electron chi connectivity index (χ3n) is 8.35. The number of aliphatic hydroxyl groups is 1. The maximum atomic E-state index is 11.9. The van der Waals surface area contributed by atoms with E-state index in [9.17, 15) is 9.90 Å². The van der Waals surface area contributed by atoms with Crippen LogP contribution in [0.15, 0.2) is 11.6 Å². The van der Waals surface area contributed by atoms with Crippen LogP contribution in [0.2, 0.25) is 0 Å². The maximum Gasteiger partial charge on any atom is 0.155 e. The molecule has 24 heavy (non-hydrogen) atoms. The van der Waals surface area contributed by atoms with Crippen molar-refractivity contribution in [3.63, 3.8) is 0 Å². The number of allylic oxidation sites excluding steroid dienone is 2. The molecule has 1 saturated heterocycles. The molecule has 0 radical (unpaired) electrons. The average Bonchev–Trinajstić information content (AvgIpc) is 2.56. The van der Waals surface area contributed by atoms with Crippen LogP contribution in [0.3, 0.4) is 0 Å². The standard InChI is InChI=1S/C21H33NO2/c1-20-9-7-16(24)14-15(20)5-6-17-18(20)8-10-21(2)19(17)4-3-11-22(21)12-13-23/h14,17-19,23H,3-13H2,1-2H3/t17-,18+,19+,20+,21+/m1/s1. The zero-order valence-electron chi connectivity index (χ0n) is 15.4. The number of hydrogen-bond donors (Lipinski definition) is 1. The summed E-state index contributed by atoms with van der Waals surface area (Å²) in [4.78, 5) is 14.5. The van der Waals surface area contributed by atoms with Gasteiger partial charge in [0.1, 0.15) is 0 Å². The molecule has 3 nitrogen and oxygen atoms in total. The quantitative estimate of drug-likeness (QED) is 0.841. The number of carbonyl (C=O) groups is 1. The predicted octanol–water partition coefficient (Wildman–Crippen LogP) is 3.57. The number of β-amino-alcohol motifs (C(OH)–C–C–N with tert-alkyl or cyclic N) is 1. The fourth-order valence-electron chi connectivity index (χ4n) is 7.02. The van der Waals surface area contributed by atoms with Crippen LogP contribution < -0.4 is 0 Å². The topological polar surface area (TPSA) is 40.5 Å². The van der Waals surface area contributed by atoms with Crippen LogP contribution in [0.25, 0.3) is 0 Å². The molecule has 3 aliphatic carbocycles. The summed E-state index contributed by atoms with van der Waals surface area (Å²) in [6.07, 6.45) is 11.4. The highest BCUT2D eigenvalue weighted by Crippen LogP contribution is 2.61. The molecule has 1 aliphatic heterocycles. The minimum absolute atomic E-state index is 0.275. The van der Waals surface area contributed by atoms with Gasteiger partial charge >= 0.3 is 0 Å². The third-order valence-corrected chi connectivity index (χ3v) is 8.35. The molecule has 4 aliphatic rings. The number of fused-ring (bicyclic) bond motifs is 5. The average molecular weight is 332 g/mol. The molecule has 5 atom stereocenters. The van der Waals surface area contributed by atoms with Crippen LogP contribution in [0.4, 0.5) is 0 Å². The van der Waals surface area contributed by atoms with E-state index in [2.05, 4.69) is 18.7 Å². The second kappa shape index (κ2) is 5.95. The number of likely N-dealkylation sites (tertiary alicyclic amines) is 1. The summed E-state index contributed by atoms with van der Waals surface area (Å²) in [7, 11) is 0. The van der Waals surface area contributed by atoms with Crippen molar-refractivity contribution in [1.82, 2.24) is 4.90 Å². The van der Waals surface area contributed by atoms with Crippen LogP contribution >= 0.6 is 0 Å². The van der Waals surface area contributed by atoms with Crippen molar-refractivity contribution >= 4 is 5.78 Å². The van der Waals surface area contributed by atoms with E-state index in [1.165, 1.54) is 37.7 Å². The number of piperidine rings is 1. The summed E-state index contributed by atoms with van der Waals surface area (Å²) in [5, 5.41) is 9.49. The molecule has 0 spiro atoms. The number of hydrogen-bond acceptors (Lipinski definition) is 3. The van der Waals surface area contributed by atoms with Gasteiger partial charge in [0.15, 0.2) is 5.78 Å². The van der Waals surface area contributed by atoms with Crippen LogP contribution in [0.1, 0.15) is 65.2 Å². The summed E-state index contributed by atoms with van der Waals surface area (Å²) in [6.45, 7) is 7.20. The first kappa shape index (κ1) is 16.8. The van der Waals surface area contributed by atoms with Crippen LogP contribution in [0.5, 0.6) is 0 Å². The van der Waals surface area contributed by atoms with Crippen LogP contribution in [-0.2, 0) is 4.79 Å². The van der Waals surface area contributed by atoms with Crippen molar-refractivity contribution < 1.29 is 9.90 Å². The third kappa shape index (κ3) is 2.34. The molecular weight excluding hydrogens is 298 g/mol. The smallest absolute Gasteiger partial charge is 0.155 e. The minimum Gasteiger partial charge on any atom is -0.395 e. The number of nitrogens with zero attached hydrogens (tertiary/aromatic N) is 1. The highest BCUT2D eigenvalue weighted by Gasteiger charge is 2.57. The van der Waals surface area contributed by atoms with Gasteiger partial charge < -0.3 is 5.11 Å². The van der Waals surface area contributed by atoms with Crippen LogP contribution in [-0.4, -0.2) is 41.0 Å². The molecule has 4 rings (SSSR count). The number of rotatable bonds is 2. The normalized spacial score (nSPS) is 45.9. The van der Waals surface area contributed by atoms with E-state index in [1.807, 2.05) is 6.08 Å². The van der Waals surface area contributed by atoms with Crippen molar-refractivity contribution in [2.45, 2.75) is 70.8 Å². The zero-order chi connectivity index (χ0) is 16.9. The van der Waals surface area contributed by atoms with Crippen LogP contribution in [0, 0.1) is 23.2 Å². The molecule has 1 heterocycles. The molecule has 2 saturated carbocycles. The summed E-state index contributed by atoms with van der Waals surface area (Å²) in [5.74, 6) is 2.69. The number of aliphatic hydroxyl groups excluding tert-OH is 1. The van der Waals surface area contributed by atoms with Gasteiger partial charge in [-0.3, -0.25) is 9.69 Å². The lowest BCUT2D eigenvalue weighted by molar-refractivity contribution is -0.121. The Morgan fingerprint density at radius 1 is 1.17 bits per heavy atom. The Morgan fingerprint density at radius 2 is 2.00 bits per heavy atom. The van der Waals surface area contributed by atoms with Crippen molar-refractivity contribution in [2.24, 2.45) is 23.2 Å². The van der Waals surface area contributed by atoms with E-state index in [0.29, 0.717) is 5.78 Å². The van der Waals surface area contributed by atoms with E-state index in [0.717, 1.165) is 50.1 Å². The van der Waals surface area contributed by atoms with Gasteiger partial charge in [0.2, 0.25) is 0 Å².